The topological polar surface area (TPSA) is 43.8 Å². The third-order valence-corrected chi connectivity index (χ3v) is 5.39. The Labute approximate surface area is 147 Å². The molecule has 0 aliphatic carbocycles. The maximum Gasteiger partial charge on any atom is 0.226 e. The van der Waals surface area contributed by atoms with Crippen LogP contribution in [0.3, 0.4) is 0 Å². The SMILES string of the molecule is O=C(Cc1ccc(F)c(Cl)c1)N1CCC(N2CCC[C@@H](O)C2)CC1. The first-order chi connectivity index (χ1) is 11.5. The van der Waals surface area contributed by atoms with E-state index in [1.807, 2.05) is 4.90 Å². The van der Waals surface area contributed by atoms with Gasteiger partial charge >= 0.3 is 0 Å². The minimum atomic E-state index is -0.461. The van der Waals surface area contributed by atoms with Gasteiger partial charge in [-0.2, -0.15) is 0 Å². The second-order valence-electron chi connectivity index (χ2n) is 6.83. The van der Waals surface area contributed by atoms with E-state index in [0.717, 1.165) is 57.4 Å². The summed E-state index contributed by atoms with van der Waals surface area (Å²) in [6, 6.07) is 4.90. The molecule has 2 aliphatic rings. The van der Waals surface area contributed by atoms with E-state index in [9.17, 15) is 14.3 Å². The minimum Gasteiger partial charge on any atom is -0.392 e. The number of aliphatic hydroxyl groups excluding tert-OH is 1. The average Bonchev–Trinajstić information content (AvgIpc) is 2.58. The zero-order chi connectivity index (χ0) is 17.1. The van der Waals surface area contributed by atoms with E-state index in [1.54, 1.807) is 6.07 Å². The molecule has 1 atom stereocenters. The van der Waals surface area contributed by atoms with Crippen LogP contribution < -0.4 is 0 Å². The van der Waals surface area contributed by atoms with E-state index in [-0.39, 0.29) is 23.5 Å². The summed E-state index contributed by atoms with van der Waals surface area (Å²) in [6.07, 6.45) is 3.89. The van der Waals surface area contributed by atoms with Gasteiger partial charge in [0.05, 0.1) is 17.5 Å². The van der Waals surface area contributed by atoms with Gasteiger partial charge in [-0.3, -0.25) is 9.69 Å². The molecule has 1 aromatic rings. The van der Waals surface area contributed by atoms with Crippen molar-refractivity contribution in [3.05, 3.63) is 34.6 Å². The molecule has 1 aromatic carbocycles. The van der Waals surface area contributed by atoms with E-state index in [2.05, 4.69) is 4.90 Å². The third-order valence-electron chi connectivity index (χ3n) is 5.10. The van der Waals surface area contributed by atoms with Crippen molar-refractivity contribution >= 4 is 17.5 Å². The molecular formula is C18H24ClFN2O2. The summed E-state index contributed by atoms with van der Waals surface area (Å²) < 4.78 is 13.2. The summed E-state index contributed by atoms with van der Waals surface area (Å²) >= 11 is 5.77. The van der Waals surface area contributed by atoms with Crippen molar-refractivity contribution in [3.63, 3.8) is 0 Å². The number of rotatable bonds is 3. The van der Waals surface area contributed by atoms with Crippen LogP contribution in [0.4, 0.5) is 4.39 Å². The molecule has 0 saturated carbocycles. The molecule has 0 spiro atoms. The molecule has 0 bridgehead atoms. The number of likely N-dealkylation sites (tertiary alicyclic amines) is 2. The van der Waals surface area contributed by atoms with Gasteiger partial charge in [0.2, 0.25) is 5.91 Å². The zero-order valence-corrected chi connectivity index (χ0v) is 14.5. The van der Waals surface area contributed by atoms with Gasteiger partial charge in [-0.15, -0.1) is 0 Å². The summed E-state index contributed by atoms with van der Waals surface area (Å²) in [5.41, 5.74) is 0.743. The van der Waals surface area contributed by atoms with Gasteiger partial charge in [0.15, 0.2) is 0 Å². The molecule has 1 N–H and O–H groups in total. The Kier molecular flexibility index (Phi) is 5.74. The average molecular weight is 355 g/mol. The predicted molar refractivity (Wildman–Crippen MR) is 91.5 cm³/mol. The maximum atomic E-state index is 13.2. The summed E-state index contributed by atoms with van der Waals surface area (Å²) in [5, 5.41) is 9.87. The molecule has 0 radical (unpaired) electrons. The normalized spacial score (nSPS) is 23.5. The monoisotopic (exact) mass is 354 g/mol. The lowest BCUT2D eigenvalue weighted by Gasteiger charge is -2.41. The number of benzene rings is 1. The van der Waals surface area contributed by atoms with Crippen LogP contribution in [0, 0.1) is 5.82 Å². The van der Waals surface area contributed by atoms with Gasteiger partial charge in [0, 0.05) is 25.7 Å². The van der Waals surface area contributed by atoms with Crippen molar-refractivity contribution in [3.8, 4) is 0 Å². The van der Waals surface area contributed by atoms with Crippen LogP contribution in [0.2, 0.25) is 5.02 Å². The lowest BCUT2D eigenvalue weighted by molar-refractivity contribution is -0.132. The number of hydrogen-bond donors (Lipinski definition) is 1. The molecule has 2 saturated heterocycles. The number of aliphatic hydroxyl groups is 1. The molecule has 2 fully saturated rings. The molecular weight excluding hydrogens is 331 g/mol. The standard InChI is InChI=1S/C18H24ClFN2O2/c19-16-10-13(3-4-17(16)20)11-18(24)21-8-5-14(6-9-21)22-7-1-2-15(23)12-22/h3-4,10,14-15,23H,1-2,5-9,11-12H2/t15-/m1/s1. The Balaban J connectivity index is 1.50. The van der Waals surface area contributed by atoms with Crippen molar-refractivity contribution in [2.45, 2.75) is 44.2 Å². The number of halogens is 2. The Morgan fingerprint density at radius 2 is 2.00 bits per heavy atom. The van der Waals surface area contributed by atoms with E-state index in [0.29, 0.717) is 6.04 Å². The highest BCUT2D eigenvalue weighted by atomic mass is 35.5. The molecule has 1 amide bonds. The number of nitrogens with zero attached hydrogens (tertiary/aromatic N) is 2. The first kappa shape index (κ1) is 17.6. The van der Waals surface area contributed by atoms with Gasteiger partial charge in [-0.05, 0) is 49.9 Å². The zero-order valence-electron chi connectivity index (χ0n) is 13.8. The Morgan fingerprint density at radius 3 is 2.67 bits per heavy atom. The molecule has 2 aliphatic heterocycles. The molecule has 3 rings (SSSR count). The lowest BCUT2D eigenvalue weighted by Crippen LogP contribution is -2.50. The number of β-amino-alcohol motifs (C(OH)–C–C–N with tert-alkyl or cyclic N) is 1. The number of piperidine rings is 2. The highest BCUT2D eigenvalue weighted by molar-refractivity contribution is 6.30. The first-order valence-electron chi connectivity index (χ1n) is 8.67. The Bertz CT molecular complexity index is 590. The number of amides is 1. The number of carbonyl (C=O) groups is 1. The van der Waals surface area contributed by atoms with Crippen LogP contribution in [-0.2, 0) is 11.2 Å². The number of carbonyl (C=O) groups excluding carboxylic acids is 1. The Hall–Kier alpha value is -1.17. The van der Waals surface area contributed by atoms with Crippen LogP contribution in [0.5, 0.6) is 0 Å². The van der Waals surface area contributed by atoms with Gasteiger partial charge < -0.3 is 10.0 Å². The van der Waals surface area contributed by atoms with Crippen LogP contribution in [0.25, 0.3) is 0 Å². The second kappa shape index (κ2) is 7.81. The van der Waals surface area contributed by atoms with Crippen LogP contribution in [0.15, 0.2) is 18.2 Å². The maximum absolute atomic E-state index is 13.2. The van der Waals surface area contributed by atoms with E-state index >= 15 is 0 Å². The quantitative estimate of drug-likeness (QED) is 0.906. The summed E-state index contributed by atoms with van der Waals surface area (Å²) in [5.74, 6) is -0.396. The molecule has 0 aromatic heterocycles. The van der Waals surface area contributed by atoms with E-state index < -0.39 is 5.82 Å². The van der Waals surface area contributed by atoms with Crippen LogP contribution >= 0.6 is 11.6 Å². The van der Waals surface area contributed by atoms with Gasteiger partial charge in [-0.1, -0.05) is 17.7 Å². The summed E-state index contributed by atoms with van der Waals surface area (Å²) in [7, 11) is 0. The predicted octanol–water partition coefficient (Wildman–Crippen LogP) is 2.47. The van der Waals surface area contributed by atoms with Crippen molar-refractivity contribution in [1.29, 1.82) is 0 Å². The lowest BCUT2D eigenvalue weighted by atomic mass is 9.98. The molecule has 4 nitrogen and oxygen atoms in total. The van der Waals surface area contributed by atoms with Crippen LogP contribution in [0.1, 0.15) is 31.2 Å². The second-order valence-corrected chi connectivity index (χ2v) is 7.24. The van der Waals surface area contributed by atoms with E-state index in [1.165, 1.54) is 12.1 Å². The van der Waals surface area contributed by atoms with Crippen molar-refractivity contribution in [2.75, 3.05) is 26.2 Å². The van der Waals surface area contributed by atoms with Crippen molar-refractivity contribution < 1.29 is 14.3 Å². The molecule has 2 heterocycles. The Morgan fingerprint density at radius 1 is 1.25 bits per heavy atom. The fourth-order valence-electron chi connectivity index (χ4n) is 3.73. The fourth-order valence-corrected chi connectivity index (χ4v) is 3.93. The highest BCUT2D eigenvalue weighted by Gasteiger charge is 2.29. The van der Waals surface area contributed by atoms with Crippen molar-refractivity contribution in [2.24, 2.45) is 0 Å². The minimum absolute atomic E-state index is 0.0580. The van der Waals surface area contributed by atoms with Gasteiger partial charge in [0.25, 0.3) is 0 Å². The van der Waals surface area contributed by atoms with Crippen LogP contribution in [-0.4, -0.2) is 59.1 Å². The van der Waals surface area contributed by atoms with Gasteiger partial charge in [0.1, 0.15) is 5.82 Å². The summed E-state index contributed by atoms with van der Waals surface area (Å²) in [6.45, 7) is 3.28. The van der Waals surface area contributed by atoms with Gasteiger partial charge in [-0.25, -0.2) is 4.39 Å². The smallest absolute Gasteiger partial charge is 0.226 e. The molecule has 24 heavy (non-hydrogen) atoms. The largest absolute Gasteiger partial charge is 0.392 e. The highest BCUT2D eigenvalue weighted by Crippen LogP contribution is 2.22. The number of hydrogen-bond acceptors (Lipinski definition) is 3. The van der Waals surface area contributed by atoms with Crippen molar-refractivity contribution in [1.82, 2.24) is 9.80 Å². The van der Waals surface area contributed by atoms with E-state index in [4.69, 9.17) is 11.6 Å². The molecule has 0 unspecified atom stereocenters. The molecule has 6 heteroatoms. The summed E-state index contributed by atoms with van der Waals surface area (Å²) in [4.78, 5) is 16.7. The fraction of sp³-hybridized carbons (Fsp3) is 0.611. The first-order valence-corrected chi connectivity index (χ1v) is 9.04. The molecule has 132 valence electrons. The third kappa shape index (κ3) is 4.26.